The fraction of sp³-hybridized carbons (Fsp3) is 0.412. The molecule has 2 aromatic rings. The molecular formula is C17H20N2O2S. The first-order valence-corrected chi connectivity index (χ1v) is 8.56. The van der Waals surface area contributed by atoms with Gasteiger partial charge >= 0.3 is 0 Å². The molecule has 1 amide bonds. The van der Waals surface area contributed by atoms with E-state index >= 15 is 0 Å². The summed E-state index contributed by atoms with van der Waals surface area (Å²) in [6.07, 6.45) is 4.39. The molecule has 0 saturated carbocycles. The Hall–Kier alpha value is -1.72. The van der Waals surface area contributed by atoms with Gasteiger partial charge in [-0.1, -0.05) is 6.07 Å². The van der Waals surface area contributed by atoms with Crippen LogP contribution in [0.25, 0.3) is 0 Å². The summed E-state index contributed by atoms with van der Waals surface area (Å²) in [7, 11) is 0. The number of hydrogen-bond acceptors (Lipinski definition) is 4. The van der Waals surface area contributed by atoms with Gasteiger partial charge in [0.25, 0.3) is 0 Å². The summed E-state index contributed by atoms with van der Waals surface area (Å²) in [5, 5.41) is 4.05. The second-order valence-electron chi connectivity index (χ2n) is 5.54. The lowest BCUT2D eigenvalue weighted by Crippen LogP contribution is -2.43. The van der Waals surface area contributed by atoms with Gasteiger partial charge in [0.1, 0.15) is 0 Å². The van der Waals surface area contributed by atoms with Gasteiger partial charge in [0.15, 0.2) is 0 Å². The third-order valence-electron chi connectivity index (χ3n) is 3.86. The molecule has 0 aromatic carbocycles. The second kappa shape index (κ2) is 7.51. The summed E-state index contributed by atoms with van der Waals surface area (Å²) in [5.74, 6) is 0.199. The van der Waals surface area contributed by atoms with E-state index in [-0.39, 0.29) is 12.0 Å². The summed E-state index contributed by atoms with van der Waals surface area (Å²) in [5.41, 5.74) is 2.04. The number of aromatic nitrogens is 1. The lowest BCUT2D eigenvalue weighted by molar-refractivity contribution is -0.134. The predicted molar refractivity (Wildman–Crippen MR) is 86.7 cm³/mol. The molecule has 0 bridgehead atoms. The van der Waals surface area contributed by atoms with Crippen molar-refractivity contribution in [1.29, 1.82) is 0 Å². The molecule has 1 unspecified atom stereocenters. The number of piperidine rings is 1. The summed E-state index contributed by atoms with van der Waals surface area (Å²) < 4.78 is 5.93. The fourth-order valence-electron chi connectivity index (χ4n) is 2.67. The molecule has 0 spiro atoms. The highest BCUT2D eigenvalue weighted by molar-refractivity contribution is 7.07. The molecule has 1 atom stereocenters. The number of amides is 1. The van der Waals surface area contributed by atoms with Gasteiger partial charge in [-0.3, -0.25) is 9.78 Å². The molecule has 3 rings (SSSR count). The van der Waals surface area contributed by atoms with Crippen LogP contribution in [0.4, 0.5) is 0 Å². The molecule has 4 nitrogen and oxygen atoms in total. The van der Waals surface area contributed by atoms with E-state index in [2.05, 4.69) is 4.98 Å². The van der Waals surface area contributed by atoms with Crippen LogP contribution in [-0.2, 0) is 22.6 Å². The van der Waals surface area contributed by atoms with Crippen LogP contribution in [0, 0.1) is 0 Å². The summed E-state index contributed by atoms with van der Waals surface area (Å²) >= 11 is 1.63. The Morgan fingerprint density at radius 2 is 2.36 bits per heavy atom. The molecule has 5 heteroatoms. The number of pyridine rings is 1. The minimum Gasteiger partial charge on any atom is -0.370 e. The molecule has 1 aliphatic rings. The highest BCUT2D eigenvalue weighted by atomic mass is 32.1. The summed E-state index contributed by atoms with van der Waals surface area (Å²) in [6, 6.07) is 7.84. The quantitative estimate of drug-likeness (QED) is 0.852. The molecule has 1 aliphatic heterocycles. The van der Waals surface area contributed by atoms with Crippen molar-refractivity contribution in [3.05, 3.63) is 52.5 Å². The Morgan fingerprint density at radius 3 is 3.14 bits per heavy atom. The number of carbonyl (C=O) groups is 1. The van der Waals surface area contributed by atoms with E-state index in [0.29, 0.717) is 19.6 Å². The van der Waals surface area contributed by atoms with Crippen molar-refractivity contribution in [3.8, 4) is 0 Å². The SMILES string of the molecule is O=C(Cc1ccsc1)N1CCCC(OCc2ccccn2)C1. The van der Waals surface area contributed by atoms with Gasteiger partial charge in [-0.2, -0.15) is 11.3 Å². The van der Waals surface area contributed by atoms with E-state index in [9.17, 15) is 4.79 Å². The van der Waals surface area contributed by atoms with Crippen molar-refractivity contribution in [2.24, 2.45) is 0 Å². The third kappa shape index (κ3) is 4.15. The molecule has 3 heterocycles. The average Bonchev–Trinajstić information content (AvgIpc) is 3.07. The van der Waals surface area contributed by atoms with Crippen molar-refractivity contribution in [2.75, 3.05) is 13.1 Å². The van der Waals surface area contributed by atoms with Gasteiger partial charge in [0.2, 0.25) is 5.91 Å². The van der Waals surface area contributed by atoms with Crippen molar-refractivity contribution >= 4 is 17.2 Å². The van der Waals surface area contributed by atoms with E-state index in [1.54, 1.807) is 17.5 Å². The Morgan fingerprint density at radius 1 is 1.41 bits per heavy atom. The number of hydrogen-bond donors (Lipinski definition) is 0. The van der Waals surface area contributed by atoms with E-state index in [1.165, 1.54) is 0 Å². The first kappa shape index (κ1) is 15.2. The molecule has 0 N–H and O–H groups in total. The minimum absolute atomic E-state index is 0.113. The van der Waals surface area contributed by atoms with Gasteiger partial charge in [0, 0.05) is 19.3 Å². The van der Waals surface area contributed by atoms with Gasteiger partial charge in [0.05, 0.1) is 24.8 Å². The van der Waals surface area contributed by atoms with Crippen LogP contribution in [0.5, 0.6) is 0 Å². The smallest absolute Gasteiger partial charge is 0.227 e. The standard InChI is InChI=1S/C17H20N2O2S/c20-17(10-14-6-9-22-13-14)19-8-3-5-16(11-19)21-12-15-4-1-2-7-18-15/h1-2,4,6-7,9,13,16H,3,5,8,10-12H2. The average molecular weight is 316 g/mol. The van der Waals surface area contributed by atoms with E-state index in [0.717, 1.165) is 30.6 Å². The maximum absolute atomic E-state index is 12.3. The van der Waals surface area contributed by atoms with Gasteiger partial charge in [-0.25, -0.2) is 0 Å². The Labute approximate surface area is 134 Å². The van der Waals surface area contributed by atoms with Crippen LogP contribution in [0.2, 0.25) is 0 Å². The van der Waals surface area contributed by atoms with E-state index in [4.69, 9.17) is 4.74 Å². The number of nitrogens with zero attached hydrogens (tertiary/aromatic N) is 2. The topological polar surface area (TPSA) is 42.4 Å². The second-order valence-corrected chi connectivity index (χ2v) is 6.32. The van der Waals surface area contributed by atoms with Crippen LogP contribution in [0.15, 0.2) is 41.2 Å². The van der Waals surface area contributed by atoms with Crippen molar-refractivity contribution in [3.63, 3.8) is 0 Å². The Balaban J connectivity index is 1.49. The number of likely N-dealkylation sites (tertiary alicyclic amines) is 1. The zero-order chi connectivity index (χ0) is 15.2. The first-order chi connectivity index (χ1) is 10.8. The maximum atomic E-state index is 12.3. The first-order valence-electron chi connectivity index (χ1n) is 7.61. The molecular weight excluding hydrogens is 296 g/mol. The van der Waals surface area contributed by atoms with Gasteiger partial charge in [-0.05, 0) is 47.4 Å². The number of rotatable bonds is 5. The van der Waals surface area contributed by atoms with Crippen LogP contribution >= 0.6 is 11.3 Å². The highest BCUT2D eigenvalue weighted by Crippen LogP contribution is 2.16. The van der Waals surface area contributed by atoms with Gasteiger partial charge in [-0.15, -0.1) is 0 Å². The molecule has 1 fully saturated rings. The number of ether oxygens (including phenoxy) is 1. The minimum atomic E-state index is 0.113. The monoisotopic (exact) mass is 316 g/mol. The van der Waals surface area contributed by atoms with Crippen molar-refractivity contribution in [1.82, 2.24) is 9.88 Å². The Bertz CT molecular complexity index is 586. The van der Waals surface area contributed by atoms with Gasteiger partial charge < -0.3 is 9.64 Å². The zero-order valence-electron chi connectivity index (χ0n) is 12.5. The highest BCUT2D eigenvalue weighted by Gasteiger charge is 2.24. The lowest BCUT2D eigenvalue weighted by Gasteiger charge is -2.32. The van der Waals surface area contributed by atoms with E-state index in [1.807, 2.05) is 39.9 Å². The molecule has 22 heavy (non-hydrogen) atoms. The lowest BCUT2D eigenvalue weighted by atomic mass is 10.1. The molecule has 0 aliphatic carbocycles. The number of carbonyl (C=O) groups excluding carboxylic acids is 1. The summed E-state index contributed by atoms with van der Waals surface area (Å²) in [4.78, 5) is 18.5. The van der Waals surface area contributed by atoms with Crippen LogP contribution in [0.3, 0.4) is 0 Å². The maximum Gasteiger partial charge on any atom is 0.227 e. The third-order valence-corrected chi connectivity index (χ3v) is 4.59. The normalized spacial score (nSPS) is 18.4. The molecule has 0 radical (unpaired) electrons. The van der Waals surface area contributed by atoms with Crippen LogP contribution < -0.4 is 0 Å². The number of thiophene rings is 1. The van der Waals surface area contributed by atoms with Crippen LogP contribution in [0.1, 0.15) is 24.1 Å². The molecule has 116 valence electrons. The fourth-order valence-corrected chi connectivity index (χ4v) is 3.34. The predicted octanol–water partition coefficient (Wildman–Crippen LogP) is 2.89. The molecule has 2 aromatic heterocycles. The van der Waals surface area contributed by atoms with Crippen LogP contribution in [-0.4, -0.2) is 35.0 Å². The summed E-state index contributed by atoms with van der Waals surface area (Å²) in [6.45, 7) is 2.04. The van der Waals surface area contributed by atoms with Crippen molar-refractivity contribution < 1.29 is 9.53 Å². The van der Waals surface area contributed by atoms with Crippen molar-refractivity contribution in [2.45, 2.75) is 32.0 Å². The zero-order valence-corrected chi connectivity index (χ0v) is 13.3. The molecule has 1 saturated heterocycles. The Kier molecular flexibility index (Phi) is 5.19. The largest absolute Gasteiger partial charge is 0.370 e. The van der Waals surface area contributed by atoms with E-state index < -0.39 is 0 Å².